The molecule has 0 aliphatic carbocycles. The Morgan fingerprint density at radius 3 is 2.62 bits per heavy atom. The number of nitrogens with zero attached hydrogens (tertiary/aromatic N) is 3. The van der Waals surface area contributed by atoms with E-state index in [1.165, 1.54) is 7.11 Å². The van der Waals surface area contributed by atoms with Crippen molar-refractivity contribution in [3.05, 3.63) is 72.3 Å². The number of carbonyl (C=O) groups excluding carboxylic acids is 1. The SMILES string of the molecule is COC(=O)C(Nc1cnn(-c2ccccc2)c1C)c1cccnc1. The summed E-state index contributed by atoms with van der Waals surface area (Å²) in [5, 5.41) is 7.61. The minimum absolute atomic E-state index is 0.380. The van der Waals surface area contributed by atoms with E-state index in [1.807, 2.05) is 48.0 Å². The van der Waals surface area contributed by atoms with Crippen LogP contribution in [-0.2, 0) is 9.53 Å². The minimum Gasteiger partial charge on any atom is -0.467 e. The van der Waals surface area contributed by atoms with Crippen LogP contribution in [0.4, 0.5) is 5.69 Å². The summed E-state index contributed by atoms with van der Waals surface area (Å²) in [5.41, 5.74) is 3.35. The smallest absolute Gasteiger partial charge is 0.333 e. The first-order valence-electron chi connectivity index (χ1n) is 7.55. The summed E-state index contributed by atoms with van der Waals surface area (Å²) in [7, 11) is 1.37. The summed E-state index contributed by atoms with van der Waals surface area (Å²) >= 11 is 0. The summed E-state index contributed by atoms with van der Waals surface area (Å²) in [6.07, 6.45) is 5.01. The number of esters is 1. The summed E-state index contributed by atoms with van der Waals surface area (Å²) in [4.78, 5) is 16.2. The van der Waals surface area contributed by atoms with Gasteiger partial charge >= 0.3 is 5.97 Å². The van der Waals surface area contributed by atoms with Gasteiger partial charge in [-0.05, 0) is 25.1 Å². The van der Waals surface area contributed by atoms with Crippen LogP contribution in [0.15, 0.2) is 61.1 Å². The number of para-hydroxylation sites is 1. The van der Waals surface area contributed by atoms with Crippen molar-refractivity contribution in [1.29, 1.82) is 0 Å². The fourth-order valence-electron chi connectivity index (χ4n) is 2.48. The van der Waals surface area contributed by atoms with Gasteiger partial charge in [-0.25, -0.2) is 9.48 Å². The molecule has 0 fully saturated rings. The number of pyridine rings is 1. The molecule has 0 saturated heterocycles. The van der Waals surface area contributed by atoms with Gasteiger partial charge in [0, 0.05) is 18.0 Å². The topological polar surface area (TPSA) is 69.0 Å². The minimum atomic E-state index is -0.643. The first-order valence-corrected chi connectivity index (χ1v) is 7.55. The van der Waals surface area contributed by atoms with Gasteiger partial charge in [0.25, 0.3) is 0 Å². The fourth-order valence-corrected chi connectivity index (χ4v) is 2.48. The molecule has 0 saturated carbocycles. The van der Waals surface area contributed by atoms with Gasteiger partial charge in [-0.2, -0.15) is 5.10 Å². The number of carbonyl (C=O) groups is 1. The second kappa shape index (κ2) is 6.95. The van der Waals surface area contributed by atoms with Gasteiger partial charge in [0.2, 0.25) is 0 Å². The van der Waals surface area contributed by atoms with Crippen LogP contribution in [0.25, 0.3) is 5.69 Å². The maximum absolute atomic E-state index is 12.2. The molecule has 3 aromatic rings. The van der Waals surface area contributed by atoms with Crippen LogP contribution >= 0.6 is 0 Å². The highest BCUT2D eigenvalue weighted by molar-refractivity contribution is 5.81. The Bertz CT molecular complexity index is 816. The highest BCUT2D eigenvalue weighted by Gasteiger charge is 2.23. The number of ether oxygens (including phenoxy) is 1. The van der Waals surface area contributed by atoms with Crippen molar-refractivity contribution >= 4 is 11.7 Å². The van der Waals surface area contributed by atoms with Gasteiger partial charge in [-0.1, -0.05) is 24.3 Å². The monoisotopic (exact) mass is 322 g/mol. The maximum atomic E-state index is 12.2. The van der Waals surface area contributed by atoms with Gasteiger partial charge in [0.1, 0.15) is 0 Å². The second-order valence-corrected chi connectivity index (χ2v) is 5.28. The molecule has 122 valence electrons. The number of rotatable bonds is 5. The first kappa shape index (κ1) is 15.7. The van der Waals surface area contributed by atoms with Crippen LogP contribution in [0.2, 0.25) is 0 Å². The molecular formula is C18H18N4O2. The number of benzene rings is 1. The molecule has 6 nitrogen and oxygen atoms in total. The normalized spacial score (nSPS) is 11.8. The predicted molar refractivity (Wildman–Crippen MR) is 90.9 cm³/mol. The zero-order chi connectivity index (χ0) is 16.9. The molecule has 1 atom stereocenters. The van der Waals surface area contributed by atoms with E-state index in [1.54, 1.807) is 24.7 Å². The molecule has 1 unspecified atom stereocenters. The molecule has 0 spiro atoms. The lowest BCUT2D eigenvalue weighted by molar-refractivity contribution is -0.141. The molecular weight excluding hydrogens is 304 g/mol. The molecule has 2 aromatic heterocycles. The van der Waals surface area contributed by atoms with Crippen molar-refractivity contribution in [2.75, 3.05) is 12.4 Å². The molecule has 1 aromatic carbocycles. The Kier molecular flexibility index (Phi) is 4.56. The maximum Gasteiger partial charge on any atom is 0.333 e. The molecule has 1 N–H and O–H groups in total. The molecule has 0 bridgehead atoms. The van der Waals surface area contributed by atoms with E-state index in [2.05, 4.69) is 15.4 Å². The van der Waals surface area contributed by atoms with Crippen LogP contribution in [-0.4, -0.2) is 27.8 Å². The van der Waals surface area contributed by atoms with Gasteiger partial charge in [-0.15, -0.1) is 0 Å². The Balaban J connectivity index is 1.91. The molecule has 0 radical (unpaired) electrons. The van der Waals surface area contributed by atoms with Crippen molar-refractivity contribution < 1.29 is 9.53 Å². The van der Waals surface area contributed by atoms with E-state index >= 15 is 0 Å². The lowest BCUT2D eigenvalue weighted by Gasteiger charge is -2.17. The Morgan fingerprint density at radius 2 is 1.96 bits per heavy atom. The average Bonchev–Trinajstić information content (AvgIpc) is 3.01. The second-order valence-electron chi connectivity index (χ2n) is 5.28. The summed E-state index contributed by atoms with van der Waals surface area (Å²) in [6.45, 7) is 1.94. The number of hydrogen-bond donors (Lipinski definition) is 1. The third-order valence-corrected chi connectivity index (χ3v) is 3.77. The van der Waals surface area contributed by atoms with E-state index < -0.39 is 6.04 Å². The van der Waals surface area contributed by atoms with Crippen LogP contribution in [0, 0.1) is 6.92 Å². The quantitative estimate of drug-likeness (QED) is 0.732. The molecule has 0 aliphatic heterocycles. The average molecular weight is 322 g/mol. The van der Waals surface area contributed by atoms with Crippen molar-refractivity contribution in [3.63, 3.8) is 0 Å². The van der Waals surface area contributed by atoms with Gasteiger partial charge in [0.15, 0.2) is 6.04 Å². The van der Waals surface area contributed by atoms with Crippen LogP contribution in [0.3, 0.4) is 0 Å². The standard InChI is InChI=1S/C18H18N4O2/c1-13-16(12-20-22(13)15-8-4-3-5-9-15)21-17(18(23)24-2)14-7-6-10-19-11-14/h3-12,17,21H,1-2H3. The van der Waals surface area contributed by atoms with Gasteiger partial charge in [-0.3, -0.25) is 4.98 Å². The highest BCUT2D eigenvalue weighted by atomic mass is 16.5. The Morgan fingerprint density at radius 1 is 1.17 bits per heavy atom. The highest BCUT2D eigenvalue weighted by Crippen LogP contribution is 2.24. The molecule has 24 heavy (non-hydrogen) atoms. The van der Waals surface area contributed by atoms with Gasteiger partial charge in [0.05, 0.1) is 30.4 Å². The lowest BCUT2D eigenvalue weighted by Crippen LogP contribution is -2.22. The van der Waals surface area contributed by atoms with E-state index in [0.29, 0.717) is 0 Å². The molecule has 3 rings (SSSR count). The summed E-state index contributed by atoms with van der Waals surface area (Å²) in [5.74, 6) is -0.380. The Labute approximate surface area is 140 Å². The number of aromatic nitrogens is 3. The predicted octanol–water partition coefficient (Wildman–Crippen LogP) is 2.90. The number of methoxy groups -OCH3 is 1. The third-order valence-electron chi connectivity index (χ3n) is 3.77. The van der Waals surface area contributed by atoms with E-state index in [-0.39, 0.29) is 5.97 Å². The van der Waals surface area contributed by atoms with Crippen molar-refractivity contribution in [2.45, 2.75) is 13.0 Å². The molecule has 6 heteroatoms. The largest absolute Gasteiger partial charge is 0.467 e. The molecule has 0 aliphatic rings. The number of nitrogens with one attached hydrogen (secondary N) is 1. The van der Waals surface area contributed by atoms with E-state index in [9.17, 15) is 4.79 Å². The van der Waals surface area contributed by atoms with Crippen molar-refractivity contribution in [1.82, 2.24) is 14.8 Å². The van der Waals surface area contributed by atoms with E-state index in [4.69, 9.17) is 4.74 Å². The van der Waals surface area contributed by atoms with Crippen molar-refractivity contribution in [3.8, 4) is 5.69 Å². The number of anilines is 1. The summed E-state index contributed by atoms with van der Waals surface area (Å²) in [6, 6.07) is 12.8. The zero-order valence-electron chi connectivity index (χ0n) is 13.5. The Hall–Kier alpha value is -3.15. The summed E-state index contributed by atoms with van der Waals surface area (Å²) < 4.78 is 6.73. The van der Waals surface area contributed by atoms with Crippen LogP contribution in [0.5, 0.6) is 0 Å². The molecule has 0 amide bonds. The number of hydrogen-bond acceptors (Lipinski definition) is 5. The molecule has 2 heterocycles. The lowest BCUT2D eigenvalue weighted by atomic mass is 10.1. The van der Waals surface area contributed by atoms with Crippen LogP contribution < -0.4 is 5.32 Å². The van der Waals surface area contributed by atoms with E-state index in [0.717, 1.165) is 22.6 Å². The van der Waals surface area contributed by atoms with Crippen molar-refractivity contribution in [2.24, 2.45) is 0 Å². The van der Waals surface area contributed by atoms with Gasteiger partial charge < -0.3 is 10.1 Å². The third kappa shape index (κ3) is 3.12. The fraction of sp³-hybridized carbons (Fsp3) is 0.167. The first-order chi connectivity index (χ1) is 11.7. The van der Waals surface area contributed by atoms with Crippen LogP contribution in [0.1, 0.15) is 17.3 Å². The zero-order valence-corrected chi connectivity index (χ0v) is 13.5.